The molecule has 2 aromatic rings. The number of hydrogen-bond acceptors (Lipinski definition) is 5. The van der Waals surface area contributed by atoms with Crippen LogP contribution in [0.4, 0.5) is 5.69 Å². The first-order valence-corrected chi connectivity index (χ1v) is 7.41. The zero-order chi connectivity index (χ0) is 14.6. The standard InChI is InChI=1S/C15H19N3OS/c1-15(2,3)20-10-13-17-14(19-18-13)8-7-11-5-4-6-12(16)9-11/h4-9H,10,16H2,1-3H3/b8-7+. The molecule has 0 aliphatic heterocycles. The SMILES string of the molecule is CC(C)(C)SCc1noc(/C=C/c2cccc(N)c2)n1. The summed E-state index contributed by atoms with van der Waals surface area (Å²) in [6.45, 7) is 6.50. The quantitative estimate of drug-likeness (QED) is 0.866. The van der Waals surface area contributed by atoms with Crippen molar-refractivity contribution in [2.75, 3.05) is 5.73 Å². The molecule has 0 spiro atoms. The van der Waals surface area contributed by atoms with E-state index in [1.165, 1.54) is 0 Å². The molecule has 0 saturated heterocycles. The van der Waals surface area contributed by atoms with Gasteiger partial charge in [0, 0.05) is 16.5 Å². The maximum Gasteiger partial charge on any atom is 0.250 e. The molecule has 0 aliphatic carbocycles. The highest BCUT2D eigenvalue weighted by molar-refractivity contribution is 7.99. The molecule has 1 aromatic heterocycles. The lowest BCUT2D eigenvalue weighted by Gasteiger charge is -2.15. The van der Waals surface area contributed by atoms with Crippen molar-refractivity contribution in [2.45, 2.75) is 31.3 Å². The molecule has 1 heterocycles. The van der Waals surface area contributed by atoms with E-state index < -0.39 is 0 Å². The van der Waals surface area contributed by atoms with Gasteiger partial charge in [0.2, 0.25) is 0 Å². The first-order valence-electron chi connectivity index (χ1n) is 6.42. The van der Waals surface area contributed by atoms with Crippen molar-refractivity contribution in [1.29, 1.82) is 0 Å². The second kappa shape index (κ2) is 6.13. The van der Waals surface area contributed by atoms with Crippen LogP contribution in [0.15, 0.2) is 28.8 Å². The third kappa shape index (κ3) is 4.74. The highest BCUT2D eigenvalue weighted by Gasteiger charge is 2.13. The van der Waals surface area contributed by atoms with Gasteiger partial charge in [-0.2, -0.15) is 4.98 Å². The van der Waals surface area contributed by atoms with E-state index in [0.717, 1.165) is 22.8 Å². The average molecular weight is 289 g/mol. The normalized spacial score (nSPS) is 12.2. The predicted octanol–water partition coefficient (Wildman–Crippen LogP) is 3.85. The summed E-state index contributed by atoms with van der Waals surface area (Å²) < 4.78 is 5.38. The lowest BCUT2D eigenvalue weighted by molar-refractivity contribution is 0.405. The molecule has 4 nitrogen and oxygen atoms in total. The lowest BCUT2D eigenvalue weighted by Crippen LogP contribution is -2.07. The number of rotatable bonds is 4. The van der Waals surface area contributed by atoms with Crippen LogP contribution < -0.4 is 5.73 Å². The number of hydrogen-bond donors (Lipinski definition) is 1. The van der Waals surface area contributed by atoms with Gasteiger partial charge in [0.05, 0.1) is 5.75 Å². The summed E-state index contributed by atoms with van der Waals surface area (Å²) in [6, 6.07) is 7.63. The molecule has 0 saturated carbocycles. The number of nitrogens with two attached hydrogens (primary N) is 1. The van der Waals surface area contributed by atoms with Gasteiger partial charge in [-0.1, -0.05) is 38.1 Å². The van der Waals surface area contributed by atoms with E-state index in [1.807, 2.05) is 30.3 Å². The van der Waals surface area contributed by atoms with Gasteiger partial charge in [-0.3, -0.25) is 0 Å². The number of nitrogen functional groups attached to an aromatic ring is 1. The summed E-state index contributed by atoms with van der Waals surface area (Å²) in [7, 11) is 0. The molecule has 0 radical (unpaired) electrons. The smallest absolute Gasteiger partial charge is 0.250 e. The molecule has 0 bridgehead atoms. The van der Waals surface area contributed by atoms with Crippen molar-refractivity contribution in [2.24, 2.45) is 0 Å². The largest absolute Gasteiger partial charge is 0.399 e. The van der Waals surface area contributed by atoms with Crippen molar-refractivity contribution < 1.29 is 4.52 Å². The van der Waals surface area contributed by atoms with Gasteiger partial charge in [0.15, 0.2) is 5.82 Å². The summed E-state index contributed by atoms with van der Waals surface area (Å²) in [5, 5.41) is 3.97. The minimum absolute atomic E-state index is 0.193. The summed E-state index contributed by atoms with van der Waals surface area (Å²) in [5.41, 5.74) is 7.47. The third-order valence-electron chi connectivity index (χ3n) is 2.45. The Morgan fingerprint density at radius 2 is 2.10 bits per heavy atom. The zero-order valence-electron chi connectivity index (χ0n) is 12.0. The molecule has 0 amide bonds. The highest BCUT2D eigenvalue weighted by atomic mass is 32.2. The van der Waals surface area contributed by atoms with E-state index in [9.17, 15) is 0 Å². The van der Waals surface area contributed by atoms with E-state index in [4.69, 9.17) is 10.3 Å². The summed E-state index contributed by atoms with van der Waals surface area (Å²) in [5.74, 6) is 1.98. The van der Waals surface area contributed by atoms with Crippen LogP contribution >= 0.6 is 11.8 Å². The summed E-state index contributed by atoms with van der Waals surface area (Å²) in [6.07, 6.45) is 3.71. The topological polar surface area (TPSA) is 64.9 Å². The van der Waals surface area contributed by atoms with Gasteiger partial charge in [-0.15, -0.1) is 11.8 Å². The predicted molar refractivity (Wildman–Crippen MR) is 85.1 cm³/mol. The first-order chi connectivity index (χ1) is 9.42. The maximum absolute atomic E-state index is 5.72. The average Bonchev–Trinajstić information content (AvgIpc) is 2.81. The molecule has 20 heavy (non-hydrogen) atoms. The van der Waals surface area contributed by atoms with E-state index in [0.29, 0.717) is 5.89 Å². The minimum Gasteiger partial charge on any atom is -0.399 e. The fourth-order valence-corrected chi connectivity index (χ4v) is 2.18. The van der Waals surface area contributed by atoms with E-state index >= 15 is 0 Å². The van der Waals surface area contributed by atoms with Crippen LogP contribution in [-0.4, -0.2) is 14.9 Å². The molecule has 5 heteroatoms. The Labute approximate surface area is 123 Å². The van der Waals surface area contributed by atoms with Gasteiger partial charge in [-0.25, -0.2) is 0 Å². The first kappa shape index (κ1) is 14.7. The Hall–Kier alpha value is -1.75. The zero-order valence-corrected chi connectivity index (χ0v) is 12.8. The van der Waals surface area contributed by atoms with Crippen LogP contribution in [0, 0.1) is 0 Å². The molecule has 0 unspecified atom stereocenters. The van der Waals surface area contributed by atoms with Crippen molar-refractivity contribution in [3.05, 3.63) is 41.5 Å². The van der Waals surface area contributed by atoms with Gasteiger partial charge < -0.3 is 10.3 Å². The van der Waals surface area contributed by atoms with Gasteiger partial charge in [-0.05, 0) is 23.8 Å². The second-order valence-electron chi connectivity index (χ2n) is 5.45. The van der Waals surface area contributed by atoms with E-state index in [-0.39, 0.29) is 4.75 Å². The molecular weight excluding hydrogens is 270 g/mol. The van der Waals surface area contributed by atoms with E-state index in [1.54, 1.807) is 17.8 Å². The maximum atomic E-state index is 5.72. The number of thioether (sulfide) groups is 1. The number of benzene rings is 1. The molecule has 0 atom stereocenters. The van der Waals surface area contributed by atoms with Crippen molar-refractivity contribution in [3.8, 4) is 0 Å². The van der Waals surface area contributed by atoms with Gasteiger partial charge >= 0.3 is 0 Å². The fourth-order valence-electron chi connectivity index (χ4n) is 1.51. The molecule has 0 fully saturated rings. The Kier molecular flexibility index (Phi) is 4.49. The van der Waals surface area contributed by atoms with Crippen molar-refractivity contribution in [3.63, 3.8) is 0 Å². The highest BCUT2D eigenvalue weighted by Crippen LogP contribution is 2.26. The van der Waals surface area contributed by atoms with Crippen molar-refractivity contribution in [1.82, 2.24) is 10.1 Å². The lowest BCUT2D eigenvalue weighted by atomic mass is 10.2. The van der Waals surface area contributed by atoms with Crippen LogP contribution in [-0.2, 0) is 5.75 Å². The number of nitrogens with zero attached hydrogens (tertiary/aromatic N) is 2. The number of anilines is 1. The Bertz CT molecular complexity index is 599. The third-order valence-corrected chi connectivity index (χ3v) is 3.72. The van der Waals surface area contributed by atoms with Crippen LogP contribution in [0.5, 0.6) is 0 Å². The molecule has 2 rings (SSSR count). The van der Waals surface area contributed by atoms with Gasteiger partial charge in [0.1, 0.15) is 0 Å². The van der Waals surface area contributed by atoms with Crippen LogP contribution in [0.2, 0.25) is 0 Å². The van der Waals surface area contributed by atoms with Gasteiger partial charge in [0.25, 0.3) is 5.89 Å². The Morgan fingerprint density at radius 3 is 2.80 bits per heavy atom. The summed E-state index contributed by atoms with van der Waals surface area (Å²) in [4.78, 5) is 4.33. The van der Waals surface area contributed by atoms with Crippen LogP contribution in [0.1, 0.15) is 38.0 Å². The fraction of sp³-hybridized carbons (Fsp3) is 0.333. The molecule has 106 valence electrons. The molecule has 2 N–H and O–H groups in total. The Balaban J connectivity index is 1.99. The molecule has 0 aliphatic rings. The van der Waals surface area contributed by atoms with Crippen molar-refractivity contribution >= 4 is 29.6 Å². The second-order valence-corrected chi connectivity index (χ2v) is 7.26. The molecule has 1 aromatic carbocycles. The van der Waals surface area contributed by atoms with E-state index in [2.05, 4.69) is 30.9 Å². The monoisotopic (exact) mass is 289 g/mol. The Morgan fingerprint density at radius 1 is 1.30 bits per heavy atom. The minimum atomic E-state index is 0.193. The molecular formula is C15H19N3OS. The number of aromatic nitrogens is 2. The van der Waals surface area contributed by atoms with Crippen LogP contribution in [0.3, 0.4) is 0 Å². The summed E-state index contributed by atoms with van der Waals surface area (Å²) >= 11 is 1.79. The van der Waals surface area contributed by atoms with Crippen LogP contribution in [0.25, 0.3) is 12.2 Å².